The number of aromatic nitrogens is 4. The lowest BCUT2D eigenvalue weighted by Gasteiger charge is -2.14. The summed E-state index contributed by atoms with van der Waals surface area (Å²) in [5.74, 6) is 0.739. The maximum atomic E-state index is 11.5. The minimum atomic E-state index is -0.448. The van der Waals surface area contributed by atoms with Gasteiger partial charge in [-0.3, -0.25) is 4.68 Å². The average molecular weight is 499 g/mol. The van der Waals surface area contributed by atoms with Crippen molar-refractivity contribution in [1.82, 2.24) is 25.3 Å². The van der Waals surface area contributed by atoms with E-state index in [0.29, 0.717) is 6.54 Å². The molecule has 3 heterocycles. The van der Waals surface area contributed by atoms with Gasteiger partial charge in [-0.05, 0) is 46.7 Å². The number of ether oxygens (including phenoxy) is 1. The number of fused-ring (bicyclic) bond motifs is 1. The summed E-state index contributed by atoms with van der Waals surface area (Å²) >= 11 is 1.68. The third-order valence-corrected chi connectivity index (χ3v) is 7.15. The number of anilines is 1. The Bertz CT molecular complexity index is 1530. The van der Waals surface area contributed by atoms with Crippen molar-refractivity contribution in [1.29, 1.82) is 0 Å². The normalized spacial score (nSPS) is 11.9. The van der Waals surface area contributed by atoms with E-state index < -0.39 is 6.09 Å². The highest BCUT2D eigenvalue weighted by atomic mass is 32.1. The third-order valence-electron chi connectivity index (χ3n) is 6.04. The molecule has 8 nitrogen and oxygen atoms in total. The minimum Gasteiger partial charge on any atom is -0.453 e. The van der Waals surface area contributed by atoms with Gasteiger partial charge < -0.3 is 15.4 Å². The minimum absolute atomic E-state index is 0.0195. The molecule has 182 valence electrons. The van der Waals surface area contributed by atoms with Gasteiger partial charge in [0.25, 0.3) is 0 Å². The Morgan fingerprint density at radius 1 is 1.11 bits per heavy atom. The zero-order valence-electron chi connectivity index (χ0n) is 20.2. The van der Waals surface area contributed by atoms with Gasteiger partial charge in [0.05, 0.1) is 25.5 Å². The molecule has 0 radical (unpaired) electrons. The van der Waals surface area contributed by atoms with Crippen LogP contribution in [0.25, 0.3) is 33.0 Å². The van der Waals surface area contributed by atoms with Crippen LogP contribution in [0.2, 0.25) is 0 Å². The zero-order valence-corrected chi connectivity index (χ0v) is 21.0. The number of alkyl carbamates (subject to hydrolysis) is 1. The molecule has 5 rings (SSSR count). The van der Waals surface area contributed by atoms with E-state index in [2.05, 4.69) is 68.6 Å². The van der Waals surface area contributed by atoms with Gasteiger partial charge in [-0.2, -0.15) is 10.2 Å². The summed E-state index contributed by atoms with van der Waals surface area (Å²) in [6.07, 6.45) is 5.19. The monoisotopic (exact) mass is 498 g/mol. The molecular formula is C27H26N6O2S. The molecule has 0 fully saturated rings. The van der Waals surface area contributed by atoms with Crippen LogP contribution in [0.5, 0.6) is 0 Å². The van der Waals surface area contributed by atoms with Crippen LogP contribution < -0.4 is 10.6 Å². The fourth-order valence-corrected chi connectivity index (χ4v) is 5.04. The van der Waals surface area contributed by atoms with Gasteiger partial charge >= 0.3 is 6.09 Å². The van der Waals surface area contributed by atoms with E-state index in [1.807, 2.05) is 37.6 Å². The van der Waals surface area contributed by atoms with E-state index in [9.17, 15) is 4.79 Å². The predicted molar refractivity (Wildman–Crippen MR) is 143 cm³/mol. The van der Waals surface area contributed by atoms with Crippen molar-refractivity contribution < 1.29 is 9.53 Å². The van der Waals surface area contributed by atoms with Crippen molar-refractivity contribution in [3.63, 3.8) is 0 Å². The first-order valence-corrected chi connectivity index (χ1v) is 12.4. The number of thiophene rings is 1. The molecule has 0 bridgehead atoms. The fourth-order valence-electron chi connectivity index (χ4n) is 4.13. The smallest absolute Gasteiger partial charge is 0.407 e. The topological polar surface area (TPSA) is 94.0 Å². The van der Waals surface area contributed by atoms with Crippen LogP contribution in [0.4, 0.5) is 10.6 Å². The quantitative estimate of drug-likeness (QED) is 0.295. The maximum Gasteiger partial charge on any atom is 0.407 e. The van der Waals surface area contributed by atoms with Gasteiger partial charge in [0.1, 0.15) is 0 Å². The molecule has 0 aliphatic rings. The molecule has 1 atom stereocenters. The summed E-state index contributed by atoms with van der Waals surface area (Å²) in [5.41, 5.74) is 5.34. The predicted octanol–water partition coefficient (Wildman–Crippen LogP) is 5.79. The molecular weight excluding hydrogens is 472 g/mol. The summed E-state index contributed by atoms with van der Waals surface area (Å²) in [6.45, 7) is 2.51. The third kappa shape index (κ3) is 4.92. The van der Waals surface area contributed by atoms with Crippen LogP contribution in [0.1, 0.15) is 23.4 Å². The number of nitrogens with one attached hydrogen (secondary N) is 2. The van der Waals surface area contributed by atoms with Crippen molar-refractivity contribution in [2.75, 3.05) is 12.4 Å². The number of aryl methyl sites for hydroxylation is 1. The highest BCUT2D eigenvalue weighted by molar-refractivity contribution is 7.10. The highest BCUT2D eigenvalue weighted by Crippen LogP contribution is 2.34. The summed E-state index contributed by atoms with van der Waals surface area (Å²) in [5, 5.41) is 23.4. The zero-order chi connectivity index (χ0) is 25.1. The molecule has 0 aliphatic heterocycles. The Balaban J connectivity index is 1.39. The van der Waals surface area contributed by atoms with Crippen LogP contribution >= 0.6 is 11.3 Å². The number of rotatable bonds is 7. The first-order chi connectivity index (χ1) is 17.5. The molecule has 0 saturated carbocycles. The Morgan fingerprint density at radius 2 is 1.97 bits per heavy atom. The first-order valence-electron chi connectivity index (χ1n) is 11.5. The Labute approximate surface area is 213 Å². The van der Waals surface area contributed by atoms with Gasteiger partial charge in [-0.25, -0.2) is 4.79 Å². The molecule has 1 amide bonds. The molecule has 2 aromatic carbocycles. The second kappa shape index (κ2) is 10.2. The summed E-state index contributed by atoms with van der Waals surface area (Å²) in [4.78, 5) is 12.7. The van der Waals surface area contributed by atoms with Crippen molar-refractivity contribution in [2.24, 2.45) is 7.05 Å². The number of hydrogen-bond donors (Lipinski definition) is 2. The standard InChI is InChI=1S/C27H26N6O2S/c1-17(25-11-21(16-36-25)23-7-5-4-6-19(23)12-28-27(34)35-3)31-26-24-10-18(22-14-30-33(2)15-22)8-9-20(24)13-29-32-26/h4-11,13-17H,12H2,1-3H3,(H,28,34)(H,31,32). The number of hydrogen-bond acceptors (Lipinski definition) is 7. The van der Waals surface area contributed by atoms with Crippen molar-refractivity contribution in [3.8, 4) is 22.3 Å². The molecule has 2 N–H and O–H groups in total. The van der Waals surface area contributed by atoms with Gasteiger partial charge in [-0.15, -0.1) is 16.4 Å². The SMILES string of the molecule is COC(=O)NCc1ccccc1-c1csc(C(C)Nc2nncc3ccc(-c4cnn(C)c4)cc23)c1. The van der Waals surface area contributed by atoms with E-state index >= 15 is 0 Å². The van der Waals surface area contributed by atoms with Crippen LogP contribution in [0.3, 0.4) is 0 Å². The van der Waals surface area contributed by atoms with Crippen molar-refractivity contribution in [2.45, 2.75) is 19.5 Å². The van der Waals surface area contributed by atoms with Crippen molar-refractivity contribution in [3.05, 3.63) is 82.9 Å². The van der Waals surface area contributed by atoms with Gasteiger partial charge in [0.15, 0.2) is 5.82 Å². The second-order valence-electron chi connectivity index (χ2n) is 8.50. The van der Waals surface area contributed by atoms with E-state index in [4.69, 9.17) is 4.74 Å². The second-order valence-corrected chi connectivity index (χ2v) is 9.45. The lowest BCUT2D eigenvalue weighted by molar-refractivity contribution is 0.170. The summed E-state index contributed by atoms with van der Waals surface area (Å²) in [7, 11) is 3.27. The number of carbonyl (C=O) groups excluding carboxylic acids is 1. The number of nitrogens with zero attached hydrogens (tertiary/aromatic N) is 4. The molecule has 0 aliphatic carbocycles. The summed E-state index contributed by atoms with van der Waals surface area (Å²) in [6, 6.07) is 16.5. The Kier molecular flexibility index (Phi) is 6.64. The Morgan fingerprint density at radius 3 is 2.78 bits per heavy atom. The van der Waals surface area contributed by atoms with Crippen LogP contribution in [-0.4, -0.2) is 33.2 Å². The van der Waals surface area contributed by atoms with Crippen LogP contribution in [-0.2, 0) is 18.3 Å². The maximum absolute atomic E-state index is 11.5. The highest BCUT2D eigenvalue weighted by Gasteiger charge is 2.15. The van der Waals surface area contributed by atoms with Crippen molar-refractivity contribution >= 4 is 34.0 Å². The van der Waals surface area contributed by atoms with E-state index in [-0.39, 0.29) is 6.04 Å². The largest absolute Gasteiger partial charge is 0.453 e. The lowest BCUT2D eigenvalue weighted by Crippen LogP contribution is -2.22. The molecule has 3 aromatic heterocycles. The molecule has 0 saturated heterocycles. The van der Waals surface area contributed by atoms with Gasteiger partial charge in [0, 0.05) is 41.0 Å². The summed E-state index contributed by atoms with van der Waals surface area (Å²) < 4.78 is 6.50. The lowest BCUT2D eigenvalue weighted by atomic mass is 10.0. The number of methoxy groups -OCH3 is 1. The van der Waals surface area contributed by atoms with Gasteiger partial charge in [0.2, 0.25) is 0 Å². The number of amides is 1. The van der Waals surface area contributed by atoms with E-state index in [1.165, 1.54) is 12.0 Å². The first kappa shape index (κ1) is 23.5. The average Bonchev–Trinajstić information content (AvgIpc) is 3.57. The number of benzene rings is 2. The molecule has 0 spiro atoms. The number of carbonyl (C=O) groups is 1. The molecule has 1 unspecified atom stereocenters. The van der Waals surface area contributed by atoms with Crippen LogP contribution in [0.15, 0.2) is 72.5 Å². The van der Waals surface area contributed by atoms with E-state index in [0.717, 1.165) is 44.4 Å². The van der Waals surface area contributed by atoms with E-state index in [1.54, 1.807) is 22.2 Å². The Hall–Kier alpha value is -4.24. The molecule has 36 heavy (non-hydrogen) atoms. The molecule has 5 aromatic rings. The molecule has 9 heteroatoms. The van der Waals surface area contributed by atoms with Gasteiger partial charge in [-0.1, -0.05) is 36.4 Å². The fraction of sp³-hybridized carbons (Fsp3) is 0.185. The van der Waals surface area contributed by atoms with Crippen LogP contribution in [0, 0.1) is 0 Å².